The Labute approximate surface area is 118 Å². The maximum atomic E-state index is 11.8. The Morgan fingerprint density at radius 3 is 2.40 bits per heavy atom. The van der Waals surface area contributed by atoms with Gasteiger partial charge in [0.1, 0.15) is 5.75 Å². The van der Waals surface area contributed by atoms with Gasteiger partial charge in [-0.2, -0.15) is 0 Å². The highest BCUT2D eigenvalue weighted by Crippen LogP contribution is 2.38. The molecule has 1 aliphatic carbocycles. The topological polar surface area (TPSA) is 58.6 Å². The second-order valence-electron chi connectivity index (χ2n) is 5.41. The summed E-state index contributed by atoms with van der Waals surface area (Å²) in [5.74, 6) is 1.25. The molecular weight excluding hydrogens is 256 g/mol. The van der Waals surface area contributed by atoms with E-state index >= 15 is 0 Å². The van der Waals surface area contributed by atoms with Gasteiger partial charge in [-0.25, -0.2) is 0 Å². The molecule has 1 saturated carbocycles. The molecule has 5 nitrogen and oxygen atoms in total. The zero-order valence-corrected chi connectivity index (χ0v) is 12.1. The van der Waals surface area contributed by atoms with Crippen LogP contribution in [0.4, 0.5) is 5.69 Å². The van der Waals surface area contributed by atoms with E-state index in [0.29, 0.717) is 11.7 Å². The zero-order chi connectivity index (χ0) is 14.7. The average molecular weight is 276 g/mol. The fourth-order valence-corrected chi connectivity index (χ4v) is 1.83. The van der Waals surface area contributed by atoms with E-state index in [9.17, 15) is 9.59 Å². The molecule has 0 spiro atoms. The van der Waals surface area contributed by atoms with E-state index in [4.69, 9.17) is 4.74 Å². The minimum atomic E-state index is -0.0925. The Morgan fingerprint density at radius 1 is 1.30 bits per heavy atom. The van der Waals surface area contributed by atoms with Gasteiger partial charge in [-0.3, -0.25) is 9.59 Å². The van der Waals surface area contributed by atoms with E-state index in [1.54, 1.807) is 38.4 Å². The number of anilines is 1. The fraction of sp³-hybridized carbons (Fsp3) is 0.467. The molecule has 1 N–H and O–H groups in total. The molecular formula is C15H20N2O3. The molecule has 0 radical (unpaired) electrons. The highest BCUT2D eigenvalue weighted by atomic mass is 16.5. The number of benzene rings is 1. The average Bonchev–Trinajstić information content (AvgIpc) is 3.14. The van der Waals surface area contributed by atoms with Gasteiger partial charge in [-0.15, -0.1) is 0 Å². The summed E-state index contributed by atoms with van der Waals surface area (Å²) in [5.41, 5.74) is 0.750. The molecule has 0 unspecified atom stereocenters. The fourth-order valence-electron chi connectivity index (χ4n) is 1.83. The Morgan fingerprint density at radius 2 is 1.90 bits per heavy atom. The zero-order valence-electron chi connectivity index (χ0n) is 12.1. The first-order valence-corrected chi connectivity index (χ1v) is 6.71. The van der Waals surface area contributed by atoms with Gasteiger partial charge in [0.15, 0.2) is 6.61 Å². The first-order valence-electron chi connectivity index (χ1n) is 6.71. The molecule has 0 heterocycles. The quantitative estimate of drug-likeness (QED) is 0.891. The van der Waals surface area contributed by atoms with Crippen LogP contribution in [0, 0.1) is 11.8 Å². The number of likely N-dealkylation sites (N-methyl/N-ethyl adjacent to an activating group) is 1. The van der Waals surface area contributed by atoms with E-state index in [1.807, 2.05) is 0 Å². The van der Waals surface area contributed by atoms with Crippen LogP contribution in [0.25, 0.3) is 0 Å². The summed E-state index contributed by atoms with van der Waals surface area (Å²) in [6.45, 7) is 2.08. The number of carbonyl (C=O) groups is 2. The number of hydrogen-bond acceptors (Lipinski definition) is 3. The maximum absolute atomic E-state index is 11.8. The van der Waals surface area contributed by atoms with Crippen molar-refractivity contribution in [2.75, 3.05) is 26.0 Å². The van der Waals surface area contributed by atoms with Crippen LogP contribution >= 0.6 is 0 Å². The van der Waals surface area contributed by atoms with Crippen LogP contribution < -0.4 is 10.1 Å². The lowest BCUT2D eigenvalue weighted by Crippen LogP contribution is -2.27. The van der Waals surface area contributed by atoms with E-state index in [-0.39, 0.29) is 24.3 Å². The van der Waals surface area contributed by atoms with Gasteiger partial charge in [-0.1, -0.05) is 6.92 Å². The molecule has 0 saturated heterocycles. The lowest BCUT2D eigenvalue weighted by Gasteiger charge is -2.11. The molecule has 1 aliphatic rings. The van der Waals surface area contributed by atoms with Crippen molar-refractivity contribution in [3.8, 4) is 5.75 Å². The van der Waals surface area contributed by atoms with Crippen LogP contribution in [0.3, 0.4) is 0 Å². The largest absolute Gasteiger partial charge is 0.484 e. The normalized spacial score (nSPS) is 20.1. The minimum Gasteiger partial charge on any atom is -0.484 e. The maximum Gasteiger partial charge on any atom is 0.259 e. The molecule has 108 valence electrons. The predicted molar refractivity (Wildman–Crippen MR) is 76.5 cm³/mol. The summed E-state index contributed by atoms with van der Waals surface area (Å²) < 4.78 is 5.36. The van der Waals surface area contributed by atoms with Crippen molar-refractivity contribution < 1.29 is 14.3 Å². The molecule has 20 heavy (non-hydrogen) atoms. The number of amides is 2. The van der Waals surface area contributed by atoms with Crippen molar-refractivity contribution in [2.24, 2.45) is 11.8 Å². The van der Waals surface area contributed by atoms with Gasteiger partial charge in [0.05, 0.1) is 0 Å². The van der Waals surface area contributed by atoms with Crippen molar-refractivity contribution >= 4 is 17.5 Å². The van der Waals surface area contributed by atoms with Crippen LogP contribution in [-0.4, -0.2) is 37.4 Å². The van der Waals surface area contributed by atoms with Crippen molar-refractivity contribution in [2.45, 2.75) is 13.3 Å². The van der Waals surface area contributed by atoms with Crippen molar-refractivity contribution in [1.29, 1.82) is 0 Å². The smallest absolute Gasteiger partial charge is 0.259 e. The second-order valence-corrected chi connectivity index (χ2v) is 5.41. The Bertz CT molecular complexity index is 496. The lowest BCUT2D eigenvalue weighted by molar-refractivity contribution is -0.130. The van der Waals surface area contributed by atoms with Crippen molar-refractivity contribution in [3.05, 3.63) is 24.3 Å². The monoisotopic (exact) mass is 276 g/mol. The van der Waals surface area contributed by atoms with Crippen LogP contribution in [0.5, 0.6) is 5.75 Å². The first kappa shape index (κ1) is 14.4. The molecule has 2 amide bonds. The summed E-state index contributed by atoms with van der Waals surface area (Å²) in [4.78, 5) is 24.6. The van der Waals surface area contributed by atoms with Crippen molar-refractivity contribution in [3.63, 3.8) is 0 Å². The minimum absolute atomic E-state index is 0.0122. The number of ether oxygens (including phenoxy) is 1. The van der Waals surface area contributed by atoms with Gasteiger partial charge in [-0.05, 0) is 36.6 Å². The molecule has 0 aromatic heterocycles. The van der Waals surface area contributed by atoms with Crippen molar-refractivity contribution in [1.82, 2.24) is 4.90 Å². The summed E-state index contributed by atoms with van der Waals surface area (Å²) in [7, 11) is 3.37. The lowest BCUT2D eigenvalue weighted by atomic mass is 10.2. The van der Waals surface area contributed by atoms with Gasteiger partial charge in [0.25, 0.3) is 5.91 Å². The van der Waals surface area contributed by atoms with E-state index < -0.39 is 0 Å². The van der Waals surface area contributed by atoms with E-state index in [0.717, 1.165) is 12.1 Å². The molecule has 5 heteroatoms. The SMILES string of the molecule is C[C@@H]1C[C@@H]1C(=O)Nc1ccc(OCC(=O)N(C)C)cc1. The molecule has 0 bridgehead atoms. The van der Waals surface area contributed by atoms with E-state index in [1.165, 1.54) is 4.90 Å². The highest BCUT2D eigenvalue weighted by Gasteiger charge is 2.38. The summed E-state index contributed by atoms with van der Waals surface area (Å²) in [6, 6.07) is 7.05. The number of nitrogens with zero attached hydrogens (tertiary/aromatic N) is 1. The van der Waals surface area contributed by atoms with Gasteiger partial charge in [0, 0.05) is 25.7 Å². The number of hydrogen-bond donors (Lipinski definition) is 1. The Kier molecular flexibility index (Phi) is 4.27. The second kappa shape index (κ2) is 5.94. The van der Waals surface area contributed by atoms with Crippen LogP contribution in [0.15, 0.2) is 24.3 Å². The van der Waals surface area contributed by atoms with Crippen LogP contribution in [0.1, 0.15) is 13.3 Å². The highest BCUT2D eigenvalue weighted by molar-refractivity contribution is 5.94. The van der Waals surface area contributed by atoms with Gasteiger partial charge < -0.3 is 15.0 Å². The molecule has 1 aromatic rings. The molecule has 0 aliphatic heterocycles. The third kappa shape index (κ3) is 3.73. The van der Waals surface area contributed by atoms with Crippen LogP contribution in [-0.2, 0) is 9.59 Å². The number of nitrogens with one attached hydrogen (secondary N) is 1. The summed E-state index contributed by atoms with van der Waals surface area (Å²) in [5, 5.41) is 2.87. The third-order valence-corrected chi connectivity index (χ3v) is 3.43. The molecule has 1 aromatic carbocycles. The summed E-state index contributed by atoms with van der Waals surface area (Å²) >= 11 is 0. The summed E-state index contributed by atoms with van der Waals surface area (Å²) in [6.07, 6.45) is 0.972. The molecule has 2 atom stereocenters. The molecule has 1 fully saturated rings. The Hall–Kier alpha value is -2.04. The third-order valence-electron chi connectivity index (χ3n) is 3.43. The van der Waals surface area contributed by atoms with E-state index in [2.05, 4.69) is 12.2 Å². The Balaban J connectivity index is 1.83. The predicted octanol–water partition coefficient (Wildman–Crippen LogP) is 1.75. The first-order chi connectivity index (χ1) is 9.47. The molecule has 2 rings (SSSR count). The number of carbonyl (C=O) groups excluding carboxylic acids is 2. The van der Waals surface area contributed by atoms with Gasteiger partial charge in [0.2, 0.25) is 5.91 Å². The van der Waals surface area contributed by atoms with Gasteiger partial charge >= 0.3 is 0 Å². The number of rotatable bonds is 5. The standard InChI is InChI=1S/C15H20N2O3/c1-10-8-13(10)15(19)16-11-4-6-12(7-5-11)20-9-14(18)17(2)3/h4-7,10,13H,8-9H2,1-3H3,(H,16,19)/t10-,13+/m1/s1. The van der Waals surface area contributed by atoms with Crippen LogP contribution in [0.2, 0.25) is 0 Å².